The molecule has 6 heteroatoms. The molecule has 118 valence electrons. The molecule has 21 heavy (non-hydrogen) atoms. The van der Waals surface area contributed by atoms with E-state index in [2.05, 4.69) is 10.3 Å². The highest BCUT2D eigenvalue weighted by Crippen LogP contribution is 2.22. The Morgan fingerprint density at radius 2 is 2.05 bits per heavy atom. The highest BCUT2D eigenvalue weighted by molar-refractivity contribution is 6.02. The largest absolute Gasteiger partial charge is 0.354 e. The maximum Gasteiger partial charge on any atom is 0.270 e. The lowest BCUT2D eigenvalue weighted by Crippen LogP contribution is -2.52. The molecule has 1 atom stereocenters. The molecule has 1 aromatic rings. The molecule has 1 aromatic heterocycles. The maximum absolute atomic E-state index is 12.7. The number of H-pyrrole nitrogens is 1. The molecule has 2 heterocycles. The summed E-state index contributed by atoms with van der Waals surface area (Å²) in [5.74, 6) is 0.0226. The Morgan fingerprint density at radius 1 is 1.38 bits per heavy atom. The van der Waals surface area contributed by atoms with Gasteiger partial charge < -0.3 is 15.2 Å². The molecule has 1 aliphatic rings. The summed E-state index contributed by atoms with van der Waals surface area (Å²) in [6.07, 6.45) is 0.681. The van der Waals surface area contributed by atoms with Crippen LogP contribution in [0.5, 0.6) is 0 Å². The molecule has 1 amide bonds. The number of aromatic amines is 1. The van der Waals surface area contributed by atoms with Gasteiger partial charge in [-0.3, -0.25) is 9.59 Å². The average Bonchev–Trinajstić information content (AvgIpc) is 2.75. The highest BCUT2D eigenvalue weighted by atomic mass is 35.5. The van der Waals surface area contributed by atoms with Gasteiger partial charge in [0, 0.05) is 36.9 Å². The normalized spacial score (nSPS) is 18.3. The van der Waals surface area contributed by atoms with E-state index in [0.717, 1.165) is 24.3 Å². The summed E-state index contributed by atoms with van der Waals surface area (Å²) in [5, 5.41) is 3.28. The molecule has 2 rings (SSSR count). The average molecular weight is 314 g/mol. The van der Waals surface area contributed by atoms with E-state index in [-0.39, 0.29) is 30.1 Å². The van der Waals surface area contributed by atoms with Gasteiger partial charge in [-0.15, -0.1) is 12.4 Å². The van der Waals surface area contributed by atoms with Gasteiger partial charge in [0.1, 0.15) is 5.69 Å². The number of Topliss-reactive ketones (excluding diaryl/α,β-unsaturated/α-hetero) is 1. The van der Waals surface area contributed by atoms with Crippen LogP contribution in [-0.4, -0.2) is 47.3 Å². The van der Waals surface area contributed by atoms with Crippen LogP contribution in [0.25, 0.3) is 0 Å². The number of hydrogen-bond acceptors (Lipinski definition) is 3. The molecule has 0 spiro atoms. The van der Waals surface area contributed by atoms with Crippen LogP contribution in [0, 0.1) is 6.92 Å². The number of nitrogens with zero attached hydrogens (tertiary/aromatic N) is 1. The van der Waals surface area contributed by atoms with Gasteiger partial charge in [-0.25, -0.2) is 0 Å². The Labute approximate surface area is 131 Å². The molecule has 0 radical (unpaired) electrons. The SMILES string of the molecule is CCc1c(C(=O)N2CCNC[C@H]2C)[nH]c(C)c1C(C)=O.Cl. The molecule has 0 saturated carbocycles. The van der Waals surface area contributed by atoms with Crippen molar-refractivity contribution in [2.45, 2.75) is 40.2 Å². The number of piperazine rings is 1. The Hall–Kier alpha value is -1.33. The van der Waals surface area contributed by atoms with Crippen molar-refractivity contribution < 1.29 is 9.59 Å². The summed E-state index contributed by atoms with van der Waals surface area (Å²) in [6, 6.07) is 0.172. The van der Waals surface area contributed by atoms with E-state index >= 15 is 0 Å². The Bertz CT molecular complexity index is 539. The molecule has 0 bridgehead atoms. The maximum atomic E-state index is 12.7. The minimum atomic E-state index is 0. The Kier molecular flexibility index (Phi) is 5.98. The Balaban J connectivity index is 0.00000220. The van der Waals surface area contributed by atoms with Crippen LogP contribution in [-0.2, 0) is 6.42 Å². The molecule has 0 aromatic carbocycles. The first-order valence-corrected chi connectivity index (χ1v) is 7.21. The van der Waals surface area contributed by atoms with Crippen molar-refractivity contribution in [3.8, 4) is 0 Å². The minimum Gasteiger partial charge on any atom is -0.354 e. The van der Waals surface area contributed by atoms with Crippen LogP contribution in [0.4, 0.5) is 0 Å². The molecule has 1 saturated heterocycles. The van der Waals surface area contributed by atoms with Gasteiger partial charge in [0.05, 0.1) is 0 Å². The number of nitrogens with one attached hydrogen (secondary N) is 2. The highest BCUT2D eigenvalue weighted by Gasteiger charge is 2.29. The number of hydrogen-bond donors (Lipinski definition) is 2. The van der Waals surface area contributed by atoms with Gasteiger partial charge in [0.25, 0.3) is 5.91 Å². The third-order valence-electron chi connectivity index (χ3n) is 3.97. The van der Waals surface area contributed by atoms with Gasteiger partial charge in [0.15, 0.2) is 5.78 Å². The van der Waals surface area contributed by atoms with Crippen molar-refractivity contribution in [2.75, 3.05) is 19.6 Å². The summed E-state index contributed by atoms with van der Waals surface area (Å²) < 4.78 is 0. The standard InChI is InChI=1S/C15H23N3O2.ClH/c1-5-12-13(11(4)19)10(3)17-14(12)15(20)18-7-6-16-8-9(18)2;/h9,16-17H,5-8H2,1-4H3;1H/t9-;/m1./s1. The predicted octanol–water partition coefficient (Wildman–Crippen LogP) is 1.94. The number of halogens is 1. The molecule has 1 aliphatic heterocycles. The van der Waals surface area contributed by atoms with Gasteiger partial charge in [-0.05, 0) is 32.8 Å². The molecule has 0 unspecified atom stereocenters. The van der Waals surface area contributed by atoms with Crippen molar-refractivity contribution in [3.63, 3.8) is 0 Å². The van der Waals surface area contributed by atoms with E-state index in [1.807, 2.05) is 25.7 Å². The summed E-state index contributed by atoms with van der Waals surface area (Å²) in [4.78, 5) is 29.5. The van der Waals surface area contributed by atoms with Crippen molar-refractivity contribution in [3.05, 3.63) is 22.5 Å². The van der Waals surface area contributed by atoms with Crippen LogP contribution >= 0.6 is 12.4 Å². The lowest BCUT2D eigenvalue weighted by Gasteiger charge is -2.34. The lowest BCUT2D eigenvalue weighted by atomic mass is 10.0. The third kappa shape index (κ3) is 3.30. The van der Waals surface area contributed by atoms with Crippen LogP contribution in [0.15, 0.2) is 0 Å². The van der Waals surface area contributed by atoms with E-state index in [9.17, 15) is 9.59 Å². The van der Waals surface area contributed by atoms with Crippen molar-refractivity contribution in [2.24, 2.45) is 0 Å². The fourth-order valence-corrected chi connectivity index (χ4v) is 2.98. The van der Waals surface area contributed by atoms with Crippen molar-refractivity contribution >= 4 is 24.1 Å². The molecule has 0 aliphatic carbocycles. The fraction of sp³-hybridized carbons (Fsp3) is 0.600. The summed E-state index contributed by atoms with van der Waals surface area (Å²) in [5.41, 5.74) is 2.91. The van der Waals surface area contributed by atoms with Crippen LogP contribution < -0.4 is 5.32 Å². The molecule has 2 N–H and O–H groups in total. The topological polar surface area (TPSA) is 65.2 Å². The molecular weight excluding hydrogens is 290 g/mol. The predicted molar refractivity (Wildman–Crippen MR) is 85.5 cm³/mol. The van der Waals surface area contributed by atoms with Crippen LogP contribution in [0.3, 0.4) is 0 Å². The number of amides is 1. The summed E-state index contributed by atoms with van der Waals surface area (Å²) >= 11 is 0. The number of carbonyl (C=O) groups excluding carboxylic acids is 2. The summed E-state index contributed by atoms with van der Waals surface area (Å²) in [7, 11) is 0. The van der Waals surface area contributed by atoms with Gasteiger partial charge in [-0.2, -0.15) is 0 Å². The van der Waals surface area contributed by atoms with Crippen molar-refractivity contribution in [1.82, 2.24) is 15.2 Å². The first-order valence-electron chi connectivity index (χ1n) is 7.21. The van der Waals surface area contributed by atoms with Gasteiger partial charge in [-0.1, -0.05) is 6.92 Å². The number of ketones is 1. The monoisotopic (exact) mass is 313 g/mol. The zero-order chi connectivity index (χ0) is 14.9. The molecular formula is C15H24ClN3O2. The van der Waals surface area contributed by atoms with E-state index in [1.54, 1.807) is 6.92 Å². The quantitative estimate of drug-likeness (QED) is 0.838. The smallest absolute Gasteiger partial charge is 0.270 e. The number of aromatic nitrogens is 1. The fourth-order valence-electron chi connectivity index (χ4n) is 2.98. The second-order valence-corrected chi connectivity index (χ2v) is 5.44. The molecule has 1 fully saturated rings. The van der Waals surface area contributed by atoms with Crippen molar-refractivity contribution in [1.29, 1.82) is 0 Å². The minimum absolute atomic E-state index is 0. The zero-order valence-electron chi connectivity index (χ0n) is 13.1. The van der Waals surface area contributed by atoms with Crippen LogP contribution in [0.1, 0.15) is 52.9 Å². The van der Waals surface area contributed by atoms with E-state index < -0.39 is 0 Å². The first-order chi connectivity index (χ1) is 9.47. The second-order valence-electron chi connectivity index (χ2n) is 5.44. The van der Waals surface area contributed by atoms with E-state index in [0.29, 0.717) is 24.2 Å². The molecule has 5 nitrogen and oxygen atoms in total. The zero-order valence-corrected chi connectivity index (χ0v) is 13.9. The van der Waals surface area contributed by atoms with E-state index in [1.165, 1.54) is 0 Å². The van der Waals surface area contributed by atoms with Crippen LogP contribution in [0.2, 0.25) is 0 Å². The number of aryl methyl sites for hydroxylation is 1. The number of carbonyl (C=O) groups is 2. The lowest BCUT2D eigenvalue weighted by molar-refractivity contribution is 0.0649. The third-order valence-corrected chi connectivity index (χ3v) is 3.97. The summed E-state index contributed by atoms with van der Waals surface area (Å²) in [6.45, 7) is 9.76. The Morgan fingerprint density at radius 3 is 2.57 bits per heavy atom. The van der Waals surface area contributed by atoms with Gasteiger partial charge >= 0.3 is 0 Å². The van der Waals surface area contributed by atoms with E-state index in [4.69, 9.17) is 0 Å². The number of rotatable bonds is 3. The van der Waals surface area contributed by atoms with Gasteiger partial charge in [0.2, 0.25) is 0 Å². The first kappa shape index (κ1) is 17.7. The second kappa shape index (κ2) is 7.09.